The fraction of sp³-hybridized carbons (Fsp3) is 0.206. The predicted octanol–water partition coefficient (Wildman–Crippen LogP) is 7.25. The SMILES string of the molecule is [CH2-][P+]1(N(C(C)C)P(c2ccccc2)c2ccccc2)[C@H](c2ccccc2)N2C(=O)CCC(=O)N2[C@H]1c1ccccc1. The van der Waals surface area contributed by atoms with Crippen molar-refractivity contribution >= 4 is 37.9 Å². The third kappa shape index (κ3) is 4.81. The van der Waals surface area contributed by atoms with Crippen LogP contribution in [0.3, 0.4) is 0 Å². The third-order valence-electron chi connectivity index (χ3n) is 7.85. The van der Waals surface area contributed by atoms with Crippen molar-refractivity contribution < 1.29 is 9.59 Å². The molecular weight excluding hydrogens is 544 g/mol. The fourth-order valence-corrected chi connectivity index (χ4v) is 15.2. The van der Waals surface area contributed by atoms with Gasteiger partial charge in [0.1, 0.15) is 0 Å². The largest absolute Gasteiger partial charge is 0.273 e. The fourth-order valence-electron chi connectivity index (χ4n) is 6.33. The van der Waals surface area contributed by atoms with Gasteiger partial charge in [-0.1, -0.05) is 121 Å². The van der Waals surface area contributed by atoms with Gasteiger partial charge in [-0.15, -0.1) is 0 Å². The summed E-state index contributed by atoms with van der Waals surface area (Å²) in [5, 5.41) is 6.03. The number of hydrogen-bond acceptors (Lipinski definition) is 3. The lowest BCUT2D eigenvalue weighted by molar-refractivity contribution is -0.171. The highest BCUT2D eigenvalue weighted by atomic mass is 31.2. The highest BCUT2D eigenvalue weighted by molar-refractivity contribution is 7.87. The van der Waals surface area contributed by atoms with Crippen LogP contribution in [-0.2, 0) is 9.59 Å². The molecule has 0 aromatic heterocycles. The Hall–Kier alpha value is -3.36. The van der Waals surface area contributed by atoms with Gasteiger partial charge >= 0.3 is 0 Å². The summed E-state index contributed by atoms with van der Waals surface area (Å²) in [7, 11) is -3.75. The second kappa shape index (κ2) is 11.5. The zero-order valence-corrected chi connectivity index (χ0v) is 25.2. The lowest BCUT2D eigenvalue weighted by Crippen LogP contribution is -2.50. The van der Waals surface area contributed by atoms with Crippen LogP contribution in [-0.4, -0.2) is 32.3 Å². The second-order valence-electron chi connectivity index (χ2n) is 10.8. The number of rotatable bonds is 7. The number of carbonyl (C=O) groups excluding carboxylic acids is 2. The molecule has 0 unspecified atom stereocenters. The van der Waals surface area contributed by atoms with Gasteiger partial charge in [0.25, 0.3) is 0 Å². The van der Waals surface area contributed by atoms with Gasteiger partial charge in [0.05, 0.1) is 8.07 Å². The van der Waals surface area contributed by atoms with E-state index in [1.54, 1.807) is 10.0 Å². The molecule has 0 aliphatic carbocycles. The number of hydrogen-bond donors (Lipinski definition) is 0. The van der Waals surface area contributed by atoms with Crippen LogP contribution in [0.15, 0.2) is 121 Å². The van der Waals surface area contributed by atoms with Crippen molar-refractivity contribution in [2.24, 2.45) is 0 Å². The lowest BCUT2D eigenvalue weighted by Gasteiger charge is -2.49. The molecule has 4 aromatic carbocycles. The summed E-state index contributed by atoms with van der Waals surface area (Å²) in [6, 6.07) is 41.8. The maximum Gasteiger partial charge on any atom is 0.245 e. The number of carbonyl (C=O) groups is 2. The van der Waals surface area contributed by atoms with Gasteiger partial charge in [0.15, 0.2) is 11.6 Å². The van der Waals surface area contributed by atoms with E-state index in [0.717, 1.165) is 11.1 Å². The first kappa shape index (κ1) is 27.8. The molecule has 0 spiro atoms. The molecule has 2 aliphatic rings. The zero-order valence-electron chi connectivity index (χ0n) is 23.5. The summed E-state index contributed by atoms with van der Waals surface area (Å²) < 4.78 is 2.63. The predicted molar refractivity (Wildman–Crippen MR) is 170 cm³/mol. The monoisotopic (exact) mass is 579 g/mol. The maximum atomic E-state index is 13.9. The maximum absolute atomic E-state index is 13.9. The van der Waals surface area contributed by atoms with Gasteiger partial charge in [0.2, 0.25) is 11.8 Å². The van der Waals surface area contributed by atoms with E-state index < -0.39 is 15.5 Å². The van der Waals surface area contributed by atoms with E-state index in [2.05, 4.69) is 103 Å². The molecule has 2 heterocycles. The zero-order chi connectivity index (χ0) is 28.6. The highest BCUT2D eigenvalue weighted by Crippen LogP contribution is 2.88. The first-order valence-corrected chi connectivity index (χ1v) is 17.5. The molecule has 0 saturated carbocycles. The quantitative estimate of drug-likeness (QED) is 0.171. The van der Waals surface area contributed by atoms with E-state index in [4.69, 9.17) is 6.66 Å². The van der Waals surface area contributed by atoms with Gasteiger partial charge in [0, 0.05) is 37.4 Å². The minimum Gasteiger partial charge on any atom is -0.273 e. The van der Waals surface area contributed by atoms with Crippen molar-refractivity contribution in [3.8, 4) is 0 Å². The van der Waals surface area contributed by atoms with Crippen LogP contribution in [0.2, 0.25) is 0 Å². The molecular formula is C34H35N3O2P2. The Labute approximate surface area is 245 Å². The number of amides is 2. The summed E-state index contributed by atoms with van der Waals surface area (Å²) in [6.45, 7) is 9.70. The Balaban J connectivity index is 1.68. The summed E-state index contributed by atoms with van der Waals surface area (Å²) in [6.07, 6.45) is 0.433. The Morgan fingerprint density at radius 3 is 1.34 bits per heavy atom. The van der Waals surface area contributed by atoms with Gasteiger partial charge in [-0.25, -0.2) is 10.0 Å². The Morgan fingerprint density at radius 1 is 0.659 bits per heavy atom. The van der Waals surface area contributed by atoms with E-state index >= 15 is 0 Å². The molecule has 41 heavy (non-hydrogen) atoms. The van der Waals surface area contributed by atoms with Gasteiger partial charge in [-0.2, -0.15) is 11.1 Å². The summed E-state index contributed by atoms with van der Waals surface area (Å²) in [5.74, 6) is -0.773. The van der Waals surface area contributed by atoms with Crippen molar-refractivity contribution in [3.63, 3.8) is 0 Å². The molecule has 2 aliphatic heterocycles. The molecule has 0 N–H and O–H groups in total. The van der Waals surface area contributed by atoms with Crippen LogP contribution in [0.25, 0.3) is 0 Å². The molecule has 0 bridgehead atoms. The Kier molecular flexibility index (Phi) is 7.79. The molecule has 208 valence electrons. The molecule has 7 heteroatoms. The van der Waals surface area contributed by atoms with Crippen molar-refractivity contribution in [3.05, 3.63) is 139 Å². The minimum absolute atomic E-state index is 0.0163. The van der Waals surface area contributed by atoms with E-state index in [9.17, 15) is 9.59 Å². The summed E-state index contributed by atoms with van der Waals surface area (Å²) in [5.41, 5.74) is 2.04. The van der Waals surface area contributed by atoms with E-state index in [0.29, 0.717) is 0 Å². The molecule has 2 amide bonds. The molecule has 2 saturated heterocycles. The van der Waals surface area contributed by atoms with Gasteiger partial charge < -0.3 is 0 Å². The molecule has 2 atom stereocenters. The first-order valence-electron chi connectivity index (χ1n) is 14.1. The third-order valence-corrected chi connectivity index (χ3v) is 15.8. The van der Waals surface area contributed by atoms with Gasteiger partial charge in [-0.05, 0) is 24.5 Å². The molecule has 5 nitrogen and oxygen atoms in total. The van der Waals surface area contributed by atoms with Crippen LogP contribution < -0.4 is 10.6 Å². The number of fused-ring (bicyclic) bond motifs is 1. The van der Waals surface area contributed by atoms with Crippen molar-refractivity contribution in [2.45, 2.75) is 44.3 Å². The van der Waals surface area contributed by atoms with Crippen molar-refractivity contribution in [1.82, 2.24) is 14.5 Å². The van der Waals surface area contributed by atoms with E-state index in [1.807, 2.05) is 36.4 Å². The first-order chi connectivity index (χ1) is 19.9. The van der Waals surface area contributed by atoms with Crippen LogP contribution in [0.1, 0.15) is 49.4 Å². The molecule has 6 rings (SSSR count). The van der Waals surface area contributed by atoms with Crippen LogP contribution >= 0.6 is 15.5 Å². The average Bonchev–Trinajstić information content (AvgIpc) is 3.29. The number of hydrazine groups is 1. The Morgan fingerprint density at radius 2 is 1.00 bits per heavy atom. The van der Waals surface area contributed by atoms with E-state index in [-0.39, 0.29) is 42.3 Å². The highest BCUT2D eigenvalue weighted by Gasteiger charge is 2.67. The molecule has 4 aromatic rings. The lowest BCUT2D eigenvalue weighted by atomic mass is 10.1. The minimum atomic E-state index is -2.70. The topological polar surface area (TPSA) is 43.9 Å². The normalized spacial score (nSPS) is 20.2. The number of benzene rings is 4. The smallest absolute Gasteiger partial charge is 0.245 e. The average molecular weight is 580 g/mol. The van der Waals surface area contributed by atoms with Gasteiger partial charge in [-0.3, -0.25) is 9.59 Å². The second-order valence-corrected chi connectivity index (χ2v) is 16.4. The van der Waals surface area contributed by atoms with Crippen LogP contribution in [0, 0.1) is 6.66 Å². The standard InChI is InChI=1S/C34H35N3O2P2/c1-26(2)37(40(29-20-12-6-13-21-29)30-22-14-7-15-23-30)41(3)33(27-16-8-4-9-17-27)35-31(38)24-25-32(39)36(35)34(41)28-18-10-5-11-19-28/h4-23,26,33-34H,3,24-25H2,1-2H3/t33-,34-/m1/s1. The van der Waals surface area contributed by atoms with Crippen LogP contribution in [0.4, 0.5) is 0 Å². The van der Waals surface area contributed by atoms with E-state index in [1.165, 1.54) is 10.6 Å². The Bertz CT molecular complexity index is 1400. The summed E-state index contributed by atoms with van der Waals surface area (Å²) >= 11 is 0. The number of nitrogens with zero attached hydrogens (tertiary/aromatic N) is 3. The summed E-state index contributed by atoms with van der Waals surface area (Å²) in [4.78, 5) is 27.8. The van der Waals surface area contributed by atoms with Crippen LogP contribution in [0.5, 0.6) is 0 Å². The molecule has 2 fully saturated rings. The van der Waals surface area contributed by atoms with Crippen molar-refractivity contribution in [2.75, 3.05) is 0 Å². The van der Waals surface area contributed by atoms with Crippen molar-refractivity contribution in [1.29, 1.82) is 0 Å². The molecule has 0 radical (unpaired) electrons.